The molecule has 2 N–H and O–H groups in total. The van der Waals surface area contributed by atoms with E-state index in [-0.39, 0.29) is 6.04 Å². The SMILES string of the molecule is CC(C)[C@@H]1CN[C@H](C(=O)O)C1. The molecule has 3 heteroatoms. The molecule has 1 saturated heterocycles. The Hall–Kier alpha value is -0.570. The van der Waals surface area contributed by atoms with Gasteiger partial charge in [0.2, 0.25) is 0 Å². The first-order chi connectivity index (χ1) is 5.11. The zero-order valence-corrected chi connectivity index (χ0v) is 7.00. The van der Waals surface area contributed by atoms with Gasteiger partial charge >= 0.3 is 5.97 Å². The van der Waals surface area contributed by atoms with Crippen molar-refractivity contribution < 1.29 is 9.90 Å². The maximum atomic E-state index is 10.5. The smallest absolute Gasteiger partial charge is 0.320 e. The minimum Gasteiger partial charge on any atom is -0.480 e. The van der Waals surface area contributed by atoms with Crippen molar-refractivity contribution in [2.45, 2.75) is 26.3 Å². The van der Waals surface area contributed by atoms with E-state index in [2.05, 4.69) is 19.2 Å². The lowest BCUT2D eigenvalue weighted by Gasteiger charge is -2.11. The molecule has 0 aromatic carbocycles. The summed E-state index contributed by atoms with van der Waals surface area (Å²) >= 11 is 0. The van der Waals surface area contributed by atoms with Crippen LogP contribution in [0.2, 0.25) is 0 Å². The minimum atomic E-state index is -0.715. The van der Waals surface area contributed by atoms with Crippen LogP contribution < -0.4 is 5.32 Å². The maximum absolute atomic E-state index is 10.5. The molecule has 0 aliphatic carbocycles. The van der Waals surface area contributed by atoms with E-state index in [9.17, 15) is 4.79 Å². The molecule has 0 spiro atoms. The number of carboxylic acid groups (broad SMARTS) is 1. The first-order valence-electron chi connectivity index (χ1n) is 4.07. The molecular weight excluding hydrogens is 142 g/mol. The van der Waals surface area contributed by atoms with E-state index in [4.69, 9.17) is 5.11 Å². The van der Waals surface area contributed by atoms with Gasteiger partial charge in [0.1, 0.15) is 6.04 Å². The molecule has 0 amide bonds. The average Bonchev–Trinajstić information content (AvgIpc) is 2.33. The number of hydrogen-bond donors (Lipinski definition) is 2. The highest BCUT2D eigenvalue weighted by Gasteiger charge is 2.30. The molecule has 0 saturated carbocycles. The molecule has 1 aliphatic rings. The normalized spacial score (nSPS) is 31.2. The number of hydrogen-bond acceptors (Lipinski definition) is 2. The van der Waals surface area contributed by atoms with Crippen LogP contribution in [-0.2, 0) is 4.79 Å². The molecule has 0 aromatic rings. The lowest BCUT2D eigenvalue weighted by molar-refractivity contribution is -0.139. The van der Waals surface area contributed by atoms with Crippen LogP contribution in [0.1, 0.15) is 20.3 Å². The summed E-state index contributed by atoms with van der Waals surface area (Å²) in [5.74, 6) is 0.413. The number of carbonyl (C=O) groups is 1. The molecule has 1 aliphatic heterocycles. The summed E-state index contributed by atoms with van der Waals surface area (Å²) in [4.78, 5) is 10.5. The van der Waals surface area contributed by atoms with Gasteiger partial charge in [0.15, 0.2) is 0 Å². The Labute approximate surface area is 66.8 Å². The summed E-state index contributed by atoms with van der Waals surface area (Å²) < 4.78 is 0. The maximum Gasteiger partial charge on any atom is 0.320 e. The lowest BCUT2D eigenvalue weighted by atomic mass is 9.93. The van der Waals surface area contributed by atoms with Gasteiger partial charge in [0, 0.05) is 0 Å². The molecule has 3 nitrogen and oxygen atoms in total. The minimum absolute atomic E-state index is 0.303. The zero-order chi connectivity index (χ0) is 8.43. The number of aliphatic carboxylic acids is 1. The van der Waals surface area contributed by atoms with E-state index in [1.54, 1.807) is 0 Å². The standard InChI is InChI=1S/C8H15NO2/c1-5(2)6-3-7(8(10)11)9-4-6/h5-7,9H,3-4H2,1-2H3,(H,10,11)/t6-,7-/m0/s1. The van der Waals surface area contributed by atoms with Crippen molar-refractivity contribution in [3.05, 3.63) is 0 Å². The van der Waals surface area contributed by atoms with E-state index < -0.39 is 5.97 Å². The van der Waals surface area contributed by atoms with Gasteiger partial charge in [-0.25, -0.2) is 0 Å². The Bertz CT molecular complexity index is 156. The third-order valence-corrected chi connectivity index (χ3v) is 2.41. The highest BCUT2D eigenvalue weighted by Crippen LogP contribution is 2.21. The Morgan fingerprint density at radius 3 is 2.55 bits per heavy atom. The van der Waals surface area contributed by atoms with Gasteiger partial charge < -0.3 is 10.4 Å². The zero-order valence-electron chi connectivity index (χ0n) is 7.00. The van der Waals surface area contributed by atoms with E-state index >= 15 is 0 Å². The molecule has 0 radical (unpaired) electrons. The summed E-state index contributed by atoms with van der Waals surface area (Å²) in [5, 5.41) is 11.6. The van der Waals surface area contributed by atoms with Crippen LogP contribution in [0.25, 0.3) is 0 Å². The lowest BCUT2D eigenvalue weighted by Crippen LogP contribution is -2.29. The fraction of sp³-hybridized carbons (Fsp3) is 0.875. The van der Waals surface area contributed by atoms with Gasteiger partial charge in [0.25, 0.3) is 0 Å². The first-order valence-corrected chi connectivity index (χ1v) is 4.07. The summed E-state index contributed by atoms with van der Waals surface area (Å²) in [7, 11) is 0. The Morgan fingerprint density at radius 2 is 2.27 bits per heavy atom. The second-order valence-corrected chi connectivity index (χ2v) is 3.54. The van der Waals surface area contributed by atoms with Crippen LogP contribution in [0, 0.1) is 11.8 Å². The van der Waals surface area contributed by atoms with Gasteiger partial charge in [0.05, 0.1) is 0 Å². The molecule has 0 bridgehead atoms. The van der Waals surface area contributed by atoms with Crippen molar-refractivity contribution in [2.75, 3.05) is 6.54 Å². The molecule has 1 rings (SSSR count). The van der Waals surface area contributed by atoms with Crippen LogP contribution in [0.3, 0.4) is 0 Å². The Morgan fingerprint density at radius 1 is 1.64 bits per heavy atom. The highest BCUT2D eigenvalue weighted by molar-refractivity contribution is 5.73. The van der Waals surface area contributed by atoms with Crippen molar-refractivity contribution in [1.82, 2.24) is 5.32 Å². The van der Waals surface area contributed by atoms with Gasteiger partial charge in [-0.1, -0.05) is 13.8 Å². The second-order valence-electron chi connectivity index (χ2n) is 3.54. The van der Waals surface area contributed by atoms with Gasteiger partial charge in [-0.2, -0.15) is 0 Å². The molecule has 1 fully saturated rings. The van der Waals surface area contributed by atoms with Gasteiger partial charge in [-0.15, -0.1) is 0 Å². The van der Waals surface area contributed by atoms with Crippen molar-refractivity contribution in [3.8, 4) is 0 Å². The predicted molar refractivity (Wildman–Crippen MR) is 42.4 cm³/mol. The van der Waals surface area contributed by atoms with Crippen molar-refractivity contribution in [1.29, 1.82) is 0 Å². The van der Waals surface area contributed by atoms with Gasteiger partial charge in [-0.3, -0.25) is 4.79 Å². The molecule has 0 unspecified atom stereocenters. The monoisotopic (exact) mass is 157 g/mol. The second kappa shape index (κ2) is 3.22. The molecule has 11 heavy (non-hydrogen) atoms. The predicted octanol–water partition coefficient (Wildman–Crippen LogP) is 0.705. The third-order valence-electron chi connectivity index (χ3n) is 2.41. The van der Waals surface area contributed by atoms with E-state index in [1.807, 2.05) is 0 Å². The fourth-order valence-corrected chi connectivity index (χ4v) is 1.46. The topological polar surface area (TPSA) is 49.3 Å². The summed E-state index contributed by atoms with van der Waals surface area (Å²) in [6.07, 6.45) is 0.785. The summed E-state index contributed by atoms with van der Waals surface area (Å²) in [6.45, 7) is 5.13. The van der Waals surface area contributed by atoms with Crippen LogP contribution in [-0.4, -0.2) is 23.7 Å². The third kappa shape index (κ3) is 1.93. The van der Waals surface area contributed by atoms with Crippen LogP contribution in [0.4, 0.5) is 0 Å². The highest BCUT2D eigenvalue weighted by atomic mass is 16.4. The average molecular weight is 157 g/mol. The molecule has 64 valence electrons. The summed E-state index contributed by atoms with van der Waals surface area (Å²) in [5.41, 5.74) is 0. The number of carboxylic acids is 1. The van der Waals surface area contributed by atoms with Crippen molar-refractivity contribution in [3.63, 3.8) is 0 Å². The number of rotatable bonds is 2. The Kier molecular flexibility index (Phi) is 2.49. The molecule has 1 heterocycles. The van der Waals surface area contributed by atoms with E-state index in [0.29, 0.717) is 11.8 Å². The fourth-order valence-electron chi connectivity index (χ4n) is 1.46. The van der Waals surface area contributed by atoms with E-state index in [0.717, 1.165) is 13.0 Å². The largest absolute Gasteiger partial charge is 0.480 e. The Balaban J connectivity index is 2.41. The molecule has 2 atom stereocenters. The van der Waals surface area contributed by atoms with Crippen LogP contribution in [0.5, 0.6) is 0 Å². The van der Waals surface area contributed by atoms with Gasteiger partial charge in [-0.05, 0) is 24.8 Å². The molecule has 0 aromatic heterocycles. The summed E-state index contributed by atoms with van der Waals surface area (Å²) in [6, 6.07) is -0.303. The van der Waals surface area contributed by atoms with Crippen LogP contribution >= 0.6 is 0 Å². The van der Waals surface area contributed by atoms with Crippen molar-refractivity contribution in [2.24, 2.45) is 11.8 Å². The number of nitrogens with one attached hydrogen (secondary N) is 1. The quantitative estimate of drug-likeness (QED) is 0.620. The van der Waals surface area contributed by atoms with Crippen molar-refractivity contribution >= 4 is 5.97 Å². The molecular formula is C8H15NO2. The first kappa shape index (κ1) is 8.53. The van der Waals surface area contributed by atoms with E-state index in [1.165, 1.54) is 0 Å². The van der Waals surface area contributed by atoms with Crippen LogP contribution in [0.15, 0.2) is 0 Å².